The van der Waals surface area contributed by atoms with Crippen molar-refractivity contribution in [1.82, 2.24) is 14.9 Å². The Morgan fingerprint density at radius 3 is 2.96 bits per heavy atom. The Morgan fingerprint density at radius 2 is 2.21 bits per heavy atom. The van der Waals surface area contributed by atoms with Crippen LogP contribution >= 0.6 is 22.9 Å². The van der Waals surface area contributed by atoms with E-state index < -0.39 is 0 Å². The van der Waals surface area contributed by atoms with Crippen LogP contribution in [0.5, 0.6) is 0 Å². The monoisotopic (exact) mass is 362 g/mol. The van der Waals surface area contributed by atoms with Crippen molar-refractivity contribution in [2.75, 3.05) is 18.4 Å². The van der Waals surface area contributed by atoms with Crippen LogP contribution in [0.1, 0.15) is 24.7 Å². The number of nitrogens with zero attached hydrogens (tertiary/aromatic N) is 3. The highest BCUT2D eigenvalue weighted by Crippen LogP contribution is 2.31. The molecular weight excluding hydrogens is 348 g/mol. The van der Waals surface area contributed by atoms with Crippen molar-refractivity contribution < 1.29 is 9.21 Å². The summed E-state index contributed by atoms with van der Waals surface area (Å²) < 4.78 is 5.85. The molecule has 0 bridgehead atoms. The Bertz CT molecular complexity index is 856. The Morgan fingerprint density at radius 1 is 1.38 bits per heavy atom. The summed E-state index contributed by atoms with van der Waals surface area (Å²) in [5.74, 6) is 0.951. The van der Waals surface area contributed by atoms with Crippen molar-refractivity contribution in [2.24, 2.45) is 0 Å². The van der Waals surface area contributed by atoms with Gasteiger partial charge in [-0.05, 0) is 31.0 Å². The number of thiazole rings is 1. The summed E-state index contributed by atoms with van der Waals surface area (Å²) >= 11 is 7.40. The summed E-state index contributed by atoms with van der Waals surface area (Å²) in [6.45, 7) is 1.34. The van der Waals surface area contributed by atoms with Gasteiger partial charge in [0.15, 0.2) is 16.6 Å². The predicted octanol–water partition coefficient (Wildman–Crippen LogP) is 4.35. The average Bonchev–Trinajstić information content (AvgIpc) is 3.24. The molecule has 1 aliphatic rings. The third-order valence-corrected chi connectivity index (χ3v) is 5.07. The standard InChI is InChI=1S/C16H15ClN4O2S/c17-11-1-2-13-12(9-11)19-14(23-13)10-3-6-21(7-4-10)16(22)20-15-18-5-8-24-15/h1-2,5,8-10H,3-4,6-7H2,(H,18,20,22). The van der Waals surface area contributed by atoms with E-state index in [1.165, 1.54) is 11.3 Å². The molecule has 0 unspecified atom stereocenters. The lowest BCUT2D eigenvalue weighted by Crippen LogP contribution is -2.40. The third-order valence-electron chi connectivity index (χ3n) is 4.14. The molecule has 6 nitrogen and oxygen atoms in total. The second-order valence-electron chi connectivity index (χ2n) is 5.69. The van der Waals surface area contributed by atoms with E-state index in [-0.39, 0.29) is 11.9 Å². The lowest BCUT2D eigenvalue weighted by Gasteiger charge is -2.30. The summed E-state index contributed by atoms with van der Waals surface area (Å²) in [6.07, 6.45) is 3.32. The number of piperidine rings is 1. The van der Waals surface area contributed by atoms with Gasteiger partial charge in [-0.15, -0.1) is 11.3 Å². The van der Waals surface area contributed by atoms with Crippen LogP contribution in [0.3, 0.4) is 0 Å². The highest BCUT2D eigenvalue weighted by molar-refractivity contribution is 7.13. The van der Waals surface area contributed by atoms with Crippen LogP contribution in [-0.2, 0) is 0 Å². The number of likely N-dealkylation sites (tertiary alicyclic amines) is 1. The number of oxazole rings is 1. The maximum absolute atomic E-state index is 12.2. The first-order valence-corrected chi connectivity index (χ1v) is 8.96. The van der Waals surface area contributed by atoms with E-state index in [0.29, 0.717) is 23.2 Å². The van der Waals surface area contributed by atoms with E-state index in [1.807, 2.05) is 11.4 Å². The van der Waals surface area contributed by atoms with Gasteiger partial charge in [0, 0.05) is 35.6 Å². The summed E-state index contributed by atoms with van der Waals surface area (Å²) in [7, 11) is 0. The smallest absolute Gasteiger partial charge is 0.323 e. The van der Waals surface area contributed by atoms with Crippen molar-refractivity contribution in [3.05, 3.63) is 40.7 Å². The second kappa shape index (κ2) is 6.41. The largest absolute Gasteiger partial charge is 0.440 e. The molecule has 24 heavy (non-hydrogen) atoms. The molecule has 1 N–H and O–H groups in total. The first-order valence-electron chi connectivity index (χ1n) is 7.70. The van der Waals surface area contributed by atoms with Gasteiger partial charge >= 0.3 is 6.03 Å². The average molecular weight is 363 g/mol. The first-order chi connectivity index (χ1) is 11.7. The van der Waals surface area contributed by atoms with Gasteiger partial charge in [-0.1, -0.05) is 11.6 Å². The van der Waals surface area contributed by atoms with Gasteiger partial charge in [0.1, 0.15) is 5.52 Å². The molecule has 3 aromatic rings. The molecular formula is C16H15ClN4O2S. The third kappa shape index (κ3) is 3.09. The Labute approximate surface area is 147 Å². The minimum atomic E-state index is -0.104. The van der Waals surface area contributed by atoms with E-state index in [0.717, 1.165) is 29.8 Å². The fourth-order valence-corrected chi connectivity index (χ4v) is 3.56. The van der Waals surface area contributed by atoms with Crippen molar-refractivity contribution in [2.45, 2.75) is 18.8 Å². The molecule has 4 rings (SSSR count). The van der Waals surface area contributed by atoms with Gasteiger partial charge in [-0.25, -0.2) is 14.8 Å². The summed E-state index contributed by atoms with van der Waals surface area (Å²) in [6, 6.07) is 5.34. The van der Waals surface area contributed by atoms with Crippen LogP contribution in [-0.4, -0.2) is 34.0 Å². The Balaban J connectivity index is 1.40. The van der Waals surface area contributed by atoms with Crippen molar-refractivity contribution in [3.8, 4) is 0 Å². The zero-order valence-corrected chi connectivity index (χ0v) is 14.3. The lowest BCUT2D eigenvalue weighted by atomic mass is 9.97. The molecule has 3 heterocycles. The van der Waals surface area contributed by atoms with Gasteiger partial charge in [-0.3, -0.25) is 5.32 Å². The molecule has 124 valence electrons. The fourth-order valence-electron chi connectivity index (χ4n) is 2.88. The molecule has 1 saturated heterocycles. The topological polar surface area (TPSA) is 71.3 Å². The van der Waals surface area contributed by atoms with E-state index in [4.69, 9.17) is 16.0 Å². The summed E-state index contributed by atoms with van der Waals surface area (Å²) in [5.41, 5.74) is 1.53. The molecule has 2 aromatic heterocycles. The SMILES string of the molecule is O=C(Nc1nccs1)N1CCC(c2nc3cc(Cl)ccc3o2)CC1. The lowest BCUT2D eigenvalue weighted by molar-refractivity contribution is 0.190. The second-order valence-corrected chi connectivity index (χ2v) is 7.02. The number of anilines is 1. The minimum Gasteiger partial charge on any atom is -0.440 e. The van der Waals surface area contributed by atoms with E-state index in [1.54, 1.807) is 23.2 Å². The molecule has 1 fully saturated rings. The number of carbonyl (C=O) groups is 1. The number of fused-ring (bicyclic) bond motifs is 1. The van der Waals surface area contributed by atoms with E-state index in [2.05, 4.69) is 15.3 Å². The van der Waals surface area contributed by atoms with Gasteiger partial charge in [-0.2, -0.15) is 0 Å². The van der Waals surface area contributed by atoms with Crippen LogP contribution in [0.4, 0.5) is 9.93 Å². The van der Waals surface area contributed by atoms with Crippen molar-refractivity contribution in [1.29, 1.82) is 0 Å². The first kappa shape index (κ1) is 15.4. The zero-order chi connectivity index (χ0) is 16.5. The molecule has 1 aromatic carbocycles. The van der Waals surface area contributed by atoms with Crippen molar-refractivity contribution >= 4 is 45.2 Å². The summed E-state index contributed by atoms with van der Waals surface area (Å²) in [4.78, 5) is 22.6. The molecule has 0 spiro atoms. The van der Waals surface area contributed by atoms with E-state index in [9.17, 15) is 4.79 Å². The number of urea groups is 1. The van der Waals surface area contributed by atoms with Gasteiger partial charge in [0.2, 0.25) is 0 Å². The number of halogens is 1. The molecule has 8 heteroatoms. The van der Waals surface area contributed by atoms with Gasteiger partial charge in [0.05, 0.1) is 0 Å². The molecule has 0 radical (unpaired) electrons. The Kier molecular flexibility index (Phi) is 4.12. The fraction of sp³-hybridized carbons (Fsp3) is 0.312. The molecule has 0 aliphatic carbocycles. The molecule has 2 amide bonds. The number of aromatic nitrogens is 2. The highest BCUT2D eigenvalue weighted by atomic mass is 35.5. The number of carbonyl (C=O) groups excluding carboxylic acids is 1. The van der Waals surface area contributed by atoms with Crippen LogP contribution in [0.25, 0.3) is 11.1 Å². The number of nitrogens with one attached hydrogen (secondary N) is 1. The molecule has 1 aliphatic heterocycles. The van der Waals surface area contributed by atoms with Crippen LogP contribution in [0, 0.1) is 0 Å². The Hall–Kier alpha value is -2.12. The van der Waals surface area contributed by atoms with Gasteiger partial charge in [0.25, 0.3) is 0 Å². The maximum Gasteiger partial charge on any atom is 0.323 e. The quantitative estimate of drug-likeness (QED) is 0.735. The van der Waals surface area contributed by atoms with E-state index >= 15 is 0 Å². The molecule has 0 atom stereocenters. The van der Waals surface area contributed by atoms with Crippen LogP contribution in [0.15, 0.2) is 34.2 Å². The number of hydrogen-bond acceptors (Lipinski definition) is 5. The molecule has 0 saturated carbocycles. The van der Waals surface area contributed by atoms with Crippen LogP contribution in [0.2, 0.25) is 5.02 Å². The number of amides is 2. The van der Waals surface area contributed by atoms with Crippen LogP contribution < -0.4 is 5.32 Å². The number of benzene rings is 1. The highest BCUT2D eigenvalue weighted by Gasteiger charge is 2.27. The van der Waals surface area contributed by atoms with Gasteiger partial charge < -0.3 is 9.32 Å². The minimum absolute atomic E-state index is 0.104. The maximum atomic E-state index is 12.2. The number of rotatable bonds is 2. The van der Waals surface area contributed by atoms with Crippen molar-refractivity contribution in [3.63, 3.8) is 0 Å². The number of hydrogen-bond donors (Lipinski definition) is 1. The summed E-state index contributed by atoms with van der Waals surface area (Å²) in [5, 5.41) is 5.92. The zero-order valence-electron chi connectivity index (χ0n) is 12.7. The normalized spacial score (nSPS) is 15.8. The predicted molar refractivity (Wildman–Crippen MR) is 93.7 cm³/mol.